The van der Waals surface area contributed by atoms with Crippen LogP contribution in [0.3, 0.4) is 0 Å². The van der Waals surface area contributed by atoms with Gasteiger partial charge in [0.05, 0.1) is 24.1 Å². The summed E-state index contributed by atoms with van der Waals surface area (Å²) in [6.45, 7) is 5.08. The lowest BCUT2D eigenvalue weighted by Gasteiger charge is -2.15. The summed E-state index contributed by atoms with van der Waals surface area (Å²) >= 11 is 3.55. The largest absolute Gasteiger partial charge is 0.384 e. The molecule has 0 unspecified atom stereocenters. The van der Waals surface area contributed by atoms with Crippen molar-refractivity contribution >= 4 is 32.5 Å². The number of halogens is 1. The molecule has 126 valence electrons. The Bertz CT molecular complexity index is 789. The maximum atomic E-state index is 5.60. The normalized spacial score (nSPS) is 11.1. The van der Waals surface area contributed by atoms with Gasteiger partial charge in [0, 0.05) is 53.7 Å². The number of nitrogens with zero attached hydrogens (tertiary/aromatic N) is 3. The van der Waals surface area contributed by atoms with E-state index in [4.69, 9.17) is 4.74 Å². The van der Waals surface area contributed by atoms with E-state index in [1.807, 2.05) is 44.0 Å². The number of fused-ring (bicyclic) bond motifs is 1. The van der Waals surface area contributed by atoms with Crippen molar-refractivity contribution in [3.63, 3.8) is 0 Å². The highest BCUT2D eigenvalue weighted by molar-refractivity contribution is 9.10. The average molecular weight is 389 g/mol. The van der Waals surface area contributed by atoms with Crippen LogP contribution in [0.2, 0.25) is 0 Å². The Morgan fingerprint density at radius 1 is 1.33 bits per heavy atom. The lowest BCUT2D eigenvalue weighted by molar-refractivity contribution is 0.134. The van der Waals surface area contributed by atoms with Crippen molar-refractivity contribution in [3.8, 4) is 0 Å². The fourth-order valence-electron chi connectivity index (χ4n) is 2.63. The van der Waals surface area contributed by atoms with Crippen LogP contribution in [0, 0.1) is 0 Å². The molecule has 1 N–H and O–H groups in total. The van der Waals surface area contributed by atoms with Gasteiger partial charge in [-0.25, -0.2) is 4.98 Å². The number of aromatic nitrogens is 3. The Hall–Kier alpha value is -1.92. The molecule has 0 atom stereocenters. The molecule has 3 aromatic rings. The average Bonchev–Trinajstić information content (AvgIpc) is 3.10. The molecule has 24 heavy (non-hydrogen) atoms. The van der Waals surface area contributed by atoms with E-state index in [1.54, 1.807) is 0 Å². The summed E-state index contributed by atoms with van der Waals surface area (Å²) in [6, 6.07) is 6.15. The fourth-order valence-corrected chi connectivity index (χ4v) is 2.99. The number of aryl methyl sites for hydroxylation is 1. The van der Waals surface area contributed by atoms with Gasteiger partial charge in [-0.3, -0.25) is 4.98 Å². The molecular formula is C18H21BrN4O. The molecule has 0 fully saturated rings. The highest BCUT2D eigenvalue weighted by atomic mass is 79.9. The van der Waals surface area contributed by atoms with Gasteiger partial charge in [0.1, 0.15) is 0 Å². The van der Waals surface area contributed by atoms with Crippen molar-refractivity contribution in [2.45, 2.75) is 26.5 Å². The molecule has 6 heteroatoms. The Kier molecular flexibility index (Phi) is 5.82. The van der Waals surface area contributed by atoms with Crippen LogP contribution in [-0.4, -0.2) is 27.7 Å². The molecule has 0 spiro atoms. The fraction of sp³-hybridized carbons (Fsp3) is 0.333. The van der Waals surface area contributed by atoms with Crippen LogP contribution in [0.25, 0.3) is 10.9 Å². The van der Waals surface area contributed by atoms with Crippen molar-refractivity contribution in [2.75, 3.05) is 18.5 Å². The first-order valence-corrected chi connectivity index (χ1v) is 8.91. The van der Waals surface area contributed by atoms with Crippen LogP contribution in [-0.2, 0) is 17.9 Å². The lowest BCUT2D eigenvalue weighted by atomic mass is 10.1. The predicted octanol–water partition coefficient (Wildman–Crippen LogP) is 4.23. The number of pyridine rings is 1. The second kappa shape index (κ2) is 8.26. The van der Waals surface area contributed by atoms with Gasteiger partial charge < -0.3 is 14.6 Å². The van der Waals surface area contributed by atoms with E-state index in [9.17, 15) is 0 Å². The summed E-state index contributed by atoms with van der Waals surface area (Å²) < 4.78 is 8.74. The zero-order valence-corrected chi connectivity index (χ0v) is 15.3. The van der Waals surface area contributed by atoms with Gasteiger partial charge in [-0.15, -0.1) is 0 Å². The van der Waals surface area contributed by atoms with Gasteiger partial charge in [0.2, 0.25) is 0 Å². The van der Waals surface area contributed by atoms with Crippen LogP contribution in [0.1, 0.15) is 18.9 Å². The summed E-state index contributed by atoms with van der Waals surface area (Å²) in [5, 5.41) is 4.70. The maximum absolute atomic E-state index is 5.60. The molecule has 0 saturated carbocycles. The van der Waals surface area contributed by atoms with Crippen LogP contribution in [0.4, 0.5) is 5.69 Å². The minimum Gasteiger partial charge on any atom is -0.384 e. The first kappa shape index (κ1) is 16.9. The Labute approximate surface area is 150 Å². The molecule has 3 rings (SSSR count). The molecule has 0 saturated heterocycles. The third kappa shape index (κ3) is 4.13. The van der Waals surface area contributed by atoms with Gasteiger partial charge in [0.25, 0.3) is 0 Å². The van der Waals surface area contributed by atoms with E-state index in [2.05, 4.69) is 41.8 Å². The van der Waals surface area contributed by atoms with Crippen LogP contribution in [0.5, 0.6) is 0 Å². The number of benzene rings is 1. The van der Waals surface area contributed by atoms with Crippen molar-refractivity contribution in [1.82, 2.24) is 14.5 Å². The zero-order chi connectivity index (χ0) is 16.8. The van der Waals surface area contributed by atoms with Crippen LogP contribution < -0.4 is 5.32 Å². The molecule has 2 aromatic heterocycles. The molecule has 0 amide bonds. The molecule has 0 aliphatic rings. The third-order valence-electron chi connectivity index (χ3n) is 3.82. The van der Waals surface area contributed by atoms with Crippen LogP contribution in [0.15, 0.2) is 47.6 Å². The Morgan fingerprint density at radius 2 is 2.25 bits per heavy atom. The van der Waals surface area contributed by atoms with Gasteiger partial charge in [-0.2, -0.15) is 0 Å². The highest BCUT2D eigenvalue weighted by Gasteiger charge is 2.09. The van der Waals surface area contributed by atoms with Gasteiger partial charge in [0.15, 0.2) is 0 Å². The molecular weight excluding hydrogens is 368 g/mol. The van der Waals surface area contributed by atoms with Crippen molar-refractivity contribution in [1.29, 1.82) is 0 Å². The Balaban J connectivity index is 1.78. The molecule has 0 aliphatic carbocycles. The zero-order valence-electron chi connectivity index (χ0n) is 13.7. The summed E-state index contributed by atoms with van der Waals surface area (Å²) in [7, 11) is 0. The van der Waals surface area contributed by atoms with E-state index in [0.29, 0.717) is 13.2 Å². The number of ether oxygens (including phenoxy) is 1. The standard InChI is InChI=1S/C18H21BrN4O/c1-2-24-12-14-11-22-17-5-4-15(19)10-16(17)18(14)21-6-3-8-23-9-7-20-13-23/h4-5,7,9-11,13H,2-3,6,8,12H2,1H3,(H,21,22). The molecule has 2 heterocycles. The summed E-state index contributed by atoms with van der Waals surface area (Å²) in [6.07, 6.45) is 8.56. The minimum atomic E-state index is 0.565. The number of nitrogens with one attached hydrogen (secondary N) is 1. The van der Waals surface area contributed by atoms with Gasteiger partial charge in [-0.1, -0.05) is 15.9 Å². The second-order valence-electron chi connectivity index (χ2n) is 5.54. The first-order valence-electron chi connectivity index (χ1n) is 8.12. The van der Waals surface area contributed by atoms with E-state index in [-0.39, 0.29) is 0 Å². The topological polar surface area (TPSA) is 52.0 Å². The molecule has 0 radical (unpaired) electrons. The number of imidazole rings is 1. The number of hydrogen-bond donors (Lipinski definition) is 1. The van der Waals surface area contributed by atoms with Gasteiger partial charge >= 0.3 is 0 Å². The quantitative estimate of drug-likeness (QED) is 0.586. The predicted molar refractivity (Wildman–Crippen MR) is 100 cm³/mol. The second-order valence-corrected chi connectivity index (χ2v) is 6.45. The molecule has 0 bridgehead atoms. The van der Waals surface area contributed by atoms with E-state index < -0.39 is 0 Å². The number of anilines is 1. The summed E-state index contributed by atoms with van der Waals surface area (Å²) in [4.78, 5) is 8.62. The Morgan fingerprint density at radius 3 is 3.04 bits per heavy atom. The summed E-state index contributed by atoms with van der Waals surface area (Å²) in [5.74, 6) is 0. The molecule has 5 nitrogen and oxygen atoms in total. The minimum absolute atomic E-state index is 0.565. The van der Waals surface area contributed by atoms with Crippen molar-refractivity contribution in [3.05, 3.63) is 53.2 Å². The smallest absolute Gasteiger partial charge is 0.0945 e. The molecule has 1 aromatic carbocycles. The van der Waals surface area contributed by atoms with E-state index >= 15 is 0 Å². The van der Waals surface area contributed by atoms with E-state index in [0.717, 1.165) is 46.1 Å². The monoisotopic (exact) mass is 388 g/mol. The SMILES string of the molecule is CCOCc1cnc2ccc(Br)cc2c1NCCCn1ccnc1. The van der Waals surface area contributed by atoms with Gasteiger partial charge in [-0.05, 0) is 31.5 Å². The number of hydrogen-bond acceptors (Lipinski definition) is 4. The molecule has 0 aliphatic heterocycles. The highest BCUT2D eigenvalue weighted by Crippen LogP contribution is 2.29. The van der Waals surface area contributed by atoms with Crippen molar-refractivity contribution < 1.29 is 4.74 Å². The first-order chi connectivity index (χ1) is 11.8. The van der Waals surface area contributed by atoms with E-state index in [1.165, 1.54) is 0 Å². The third-order valence-corrected chi connectivity index (χ3v) is 4.32. The summed E-state index contributed by atoms with van der Waals surface area (Å²) in [5.41, 5.74) is 3.18. The maximum Gasteiger partial charge on any atom is 0.0945 e. The van der Waals surface area contributed by atoms with Crippen LogP contribution >= 0.6 is 15.9 Å². The lowest BCUT2D eigenvalue weighted by Crippen LogP contribution is -2.09. The van der Waals surface area contributed by atoms with Crippen molar-refractivity contribution in [2.24, 2.45) is 0 Å². The number of rotatable bonds is 8.